The Balaban J connectivity index is 1.53. The number of rotatable bonds is 3. The van der Waals surface area contributed by atoms with Crippen LogP contribution in [0.4, 0.5) is 30.8 Å². The number of benzene rings is 1. The minimum absolute atomic E-state index is 0.0785. The van der Waals surface area contributed by atoms with E-state index in [2.05, 4.69) is 20.3 Å². The van der Waals surface area contributed by atoms with E-state index in [1.807, 2.05) is 22.6 Å². The summed E-state index contributed by atoms with van der Waals surface area (Å²) in [6.45, 7) is 0.868. The average Bonchev–Trinajstić information content (AvgIpc) is 2.97. The summed E-state index contributed by atoms with van der Waals surface area (Å²) in [5, 5.41) is 13.3. The van der Waals surface area contributed by atoms with Crippen molar-refractivity contribution in [3.05, 3.63) is 36.2 Å². The Morgan fingerprint density at radius 1 is 1.21 bits per heavy atom. The van der Waals surface area contributed by atoms with E-state index in [4.69, 9.17) is 5.73 Å². The van der Waals surface area contributed by atoms with Crippen LogP contribution in [0, 0.1) is 0 Å². The van der Waals surface area contributed by atoms with Gasteiger partial charge < -0.3 is 25.6 Å². The maximum atomic E-state index is 12.7. The third-order valence-corrected chi connectivity index (χ3v) is 4.91. The van der Waals surface area contributed by atoms with Crippen molar-refractivity contribution in [3.8, 4) is 0 Å². The minimum Gasteiger partial charge on any atom is -0.399 e. The number of nitrogen functional groups attached to an aromatic ring is 1. The van der Waals surface area contributed by atoms with Crippen molar-refractivity contribution >= 4 is 28.6 Å². The van der Waals surface area contributed by atoms with Crippen LogP contribution in [0.2, 0.25) is 0 Å². The normalized spacial score (nSPS) is 20.2. The molecule has 1 saturated heterocycles. The molecule has 3 aromatic rings. The van der Waals surface area contributed by atoms with Crippen LogP contribution in [0.5, 0.6) is 0 Å². The molecule has 29 heavy (non-hydrogen) atoms. The summed E-state index contributed by atoms with van der Waals surface area (Å²) in [7, 11) is 1.88. The van der Waals surface area contributed by atoms with Gasteiger partial charge in [0.05, 0.1) is 22.7 Å². The largest absolute Gasteiger partial charge is 0.419 e. The monoisotopic (exact) mass is 407 g/mol. The molecule has 3 heterocycles. The van der Waals surface area contributed by atoms with Gasteiger partial charge in [0.1, 0.15) is 0 Å². The van der Waals surface area contributed by atoms with Crippen LogP contribution in [0.1, 0.15) is 12.0 Å². The SMILES string of the molecule is Cn1c(N2C[C@H](O)C[C@@H](Nc3ncc(C(F)(F)F)cn3)C2)nc2cc(N)ccc21. The number of aliphatic hydroxyl groups is 1. The molecule has 0 unspecified atom stereocenters. The van der Waals surface area contributed by atoms with Gasteiger partial charge in [-0.05, 0) is 24.6 Å². The number of anilines is 3. The molecular weight excluding hydrogens is 387 g/mol. The smallest absolute Gasteiger partial charge is 0.399 e. The Kier molecular flexibility index (Phi) is 4.69. The summed E-state index contributed by atoms with van der Waals surface area (Å²) in [6, 6.07) is 5.20. The molecule has 0 bridgehead atoms. The van der Waals surface area contributed by atoms with Crippen LogP contribution in [0.15, 0.2) is 30.6 Å². The molecule has 11 heteroatoms. The first-order valence-corrected chi connectivity index (χ1v) is 9.01. The molecule has 4 N–H and O–H groups in total. The molecule has 1 fully saturated rings. The van der Waals surface area contributed by atoms with Gasteiger partial charge in [0.25, 0.3) is 0 Å². The van der Waals surface area contributed by atoms with Crippen molar-refractivity contribution in [1.82, 2.24) is 19.5 Å². The fourth-order valence-corrected chi connectivity index (χ4v) is 3.56. The standard InChI is InChI=1S/C18H20F3N7O/c1-27-15-3-2-11(22)4-14(15)26-17(27)28-8-12(5-13(29)9-28)25-16-23-6-10(7-24-16)18(19,20)21/h2-4,6-7,12-13,29H,5,8-9,22H2,1H3,(H,23,24,25)/t12-,13-/m1/s1. The first kappa shape index (κ1) is 19.2. The molecule has 0 amide bonds. The van der Waals surface area contributed by atoms with Gasteiger partial charge in [-0.3, -0.25) is 0 Å². The Labute approximate surface area is 164 Å². The molecule has 1 aliphatic heterocycles. The predicted molar refractivity (Wildman–Crippen MR) is 102 cm³/mol. The quantitative estimate of drug-likeness (QED) is 0.571. The van der Waals surface area contributed by atoms with Crippen molar-refractivity contribution < 1.29 is 18.3 Å². The lowest BCUT2D eigenvalue weighted by molar-refractivity contribution is -0.138. The number of nitrogens with two attached hydrogens (primary N) is 1. The molecule has 0 radical (unpaired) electrons. The highest BCUT2D eigenvalue weighted by atomic mass is 19.4. The molecule has 1 aliphatic rings. The lowest BCUT2D eigenvalue weighted by Gasteiger charge is -2.36. The highest BCUT2D eigenvalue weighted by molar-refractivity contribution is 5.82. The zero-order valence-corrected chi connectivity index (χ0v) is 15.6. The molecule has 2 atom stereocenters. The van der Waals surface area contributed by atoms with Gasteiger partial charge in [0.15, 0.2) is 0 Å². The molecule has 2 aromatic heterocycles. The third-order valence-electron chi connectivity index (χ3n) is 4.91. The average molecular weight is 407 g/mol. The van der Waals surface area contributed by atoms with E-state index >= 15 is 0 Å². The number of halogens is 3. The number of imidazole rings is 1. The van der Waals surface area contributed by atoms with Crippen molar-refractivity contribution in [2.75, 3.05) is 29.0 Å². The van der Waals surface area contributed by atoms with Gasteiger partial charge in [0.2, 0.25) is 11.9 Å². The maximum Gasteiger partial charge on any atom is 0.419 e. The van der Waals surface area contributed by atoms with Crippen molar-refractivity contribution in [3.63, 3.8) is 0 Å². The van der Waals surface area contributed by atoms with E-state index in [1.54, 1.807) is 12.1 Å². The van der Waals surface area contributed by atoms with Crippen molar-refractivity contribution in [1.29, 1.82) is 0 Å². The second kappa shape index (κ2) is 7.07. The van der Waals surface area contributed by atoms with Crippen LogP contribution >= 0.6 is 0 Å². The zero-order valence-electron chi connectivity index (χ0n) is 15.6. The molecule has 154 valence electrons. The Bertz CT molecular complexity index is 1020. The van der Waals surface area contributed by atoms with Gasteiger partial charge in [0, 0.05) is 44.3 Å². The Hall–Kier alpha value is -3.08. The van der Waals surface area contributed by atoms with Crippen LogP contribution < -0.4 is 16.0 Å². The number of alkyl halides is 3. The fourth-order valence-electron chi connectivity index (χ4n) is 3.56. The summed E-state index contributed by atoms with van der Waals surface area (Å²) in [5.41, 5.74) is 7.19. The van der Waals surface area contributed by atoms with E-state index in [9.17, 15) is 18.3 Å². The molecule has 0 spiro atoms. The van der Waals surface area contributed by atoms with Crippen LogP contribution in [-0.4, -0.2) is 49.9 Å². The molecule has 0 saturated carbocycles. The second-order valence-electron chi connectivity index (χ2n) is 7.15. The van der Waals surface area contributed by atoms with Crippen molar-refractivity contribution in [2.45, 2.75) is 24.7 Å². The lowest BCUT2D eigenvalue weighted by atomic mass is 10.0. The molecular formula is C18H20F3N7O. The summed E-state index contributed by atoms with van der Waals surface area (Å²) in [4.78, 5) is 14.0. The summed E-state index contributed by atoms with van der Waals surface area (Å²) >= 11 is 0. The number of aryl methyl sites for hydroxylation is 1. The Morgan fingerprint density at radius 3 is 2.62 bits per heavy atom. The van der Waals surface area contributed by atoms with Gasteiger partial charge >= 0.3 is 6.18 Å². The minimum atomic E-state index is -4.49. The third kappa shape index (κ3) is 3.90. The number of hydrogen-bond donors (Lipinski definition) is 3. The lowest BCUT2D eigenvalue weighted by Crippen LogP contribution is -2.49. The molecule has 4 rings (SSSR count). The highest BCUT2D eigenvalue weighted by Gasteiger charge is 2.32. The van der Waals surface area contributed by atoms with Gasteiger partial charge in [-0.15, -0.1) is 0 Å². The number of piperidine rings is 1. The van der Waals surface area contributed by atoms with Gasteiger partial charge in [-0.1, -0.05) is 0 Å². The number of nitrogens with zero attached hydrogens (tertiary/aromatic N) is 5. The maximum absolute atomic E-state index is 12.7. The van der Waals surface area contributed by atoms with E-state index in [1.165, 1.54) is 0 Å². The van der Waals surface area contributed by atoms with Crippen molar-refractivity contribution in [2.24, 2.45) is 7.05 Å². The second-order valence-corrected chi connectivity index (χ2v) is 7.15. The molecule has 0 aliphatic carbocycles. The first-order valence-electron chi connectivity index (χ1n) is 9.01. The van der Waals surface area contributed by atoms with Gasteiger partial charge in [-0.25, -0.2) is 15.0 Å². The van der Waals surface area contributed by atoms with Crippen LogP contribution in [0.25, 0.3) is 11.0 Å². The molecule has 8 nitrogen and oxygen atoms in total. The number of nitrogens with one attached hydrogen (secondary N) is 1. The number of hydrogen-bond acceptors (Lipinski definition) is 7. The van der Waals surface area contributed by atoms with E-state index in [0.29, 0.717) is 31.1 Å². The zero-order chi connectivity index (χ0) is 20.8. The highest BCUT2D eigenvalue weighted by Crippen LogP contribution is 2.29. The van der Waals surface area contributed by atoms with E-state index in [-0.39, 0.29) is 12.0 Å². The topological polar surface area (TPSA) is 105 Å². The Morgan fingerprint density at radius 2 is 1.93 bits per heavy atom. The predicted octanol–water partition coefficient (Wildman–Crippen LogP) is 2.02. The number of aliphatic hydroxyl groups excluding tert-OH is 1. The number of fused-ring (bicyclic) bond motifs is 1. The summed E-state index contributed by atoms with van der Waals surface area (Å²) in [5.74, 6) is 0.749. The van der Waals surface area contributed by atoms with Crippen LogP contribution in [-0.2, 0) is 13.2 Å². The number of β-amino-alcohol motifs (C(OH)–C–C–N with tert-alkyl or cyclic N) is 1. The van der Waals surface area contributed by atoms with E-state index < -0.39 is 17.8 Å². The fraction of sp³-hybridized carbons (Fsp3) is 0.389. The van der Waals surface area contributed by atoms with Crippen LogP contribution in [0.3, 0.4) is 0 Å². The first-order chi connectivity index (χ1) is 13.7. The number of aromatic nitrogens is 4. The molecule has 1 aromatic carbocycles. The van der Waals surface area contributed by atoms with Gasteiger partial charge in [-0.2, -0.15) is 13.2 Å². The summed E-state index contributed by atoms with van der Waals surface area (Å²) in [6.07, 6.45) is -3.23. The van der Waals surface area contributed by atoms with E-state index in [0.717, 1.165) is 23.4 Å². The summed E-state index contributed by atoms with van der Waals surface area (Å²) < 4.78 is 39.9.